The molecule has 2 aliphatic rings. The molecule has 0 atom stereocenters. The van der Waals surface area contributed by atoms with Gasteiger partial charge in [-0.1, -0.05) is 59.6 Å². The van der Waals surface area contributed by atoms with Gasteiger partial charge < -0.3 is 15.1 Å². The quantitative estimate of drug-likeness (QED) is 0.369. The van der Waals surface area contributed by atoms with Crippen molar-refractivity contribution < 1.29 is 8.42 Å². The number of hydrogen-bond acceptors (Lipinski definition) is 5. The molecule has 40 heavy (non-hydrogen) atoms. The first-order chi connectivity index (χ1) is 19.1. The Hall–Kier alpha value is -2.62. The number of sulfone groups is 1. The van der Waals surface area contributed by atoms with Crippen molar-refractivity contribution in [2.75, 3.05) is 57.5 Å². The number of nitrogens with zero attached hydrogens (tertiary/aromatic N) is 3. The third-order valence-corrected chi connectivity index (χ3v) is 9.70. The molecule has 2 heterocycles. The minimum atomic E-state index is -3.47. The lowest BCUT2D eigenvalue weighted by Crippen LogP contribution is -2.51. The van der Waals surface area contributed by atoms with Crippen molar-refractivity contribution in [2.45, 2.75) is 6.04 Å². The summed E-state index contributed by atoms with van der Waals surface area (Å²) in [5.41, 5.74) is 4.84. The number of halogens is 2. The average molecular weight is 616 g/mol. The molecule has 0 bridgehead atoms. The molecule has 210 valence electrons. The zero-order chi connectivity index (χ0) is 28.4. The SMILES string of the molecule is CNC(=S)N1CCN(c2cccc(C(=C3CN(C(c4ccc(Cl)cc4)c4ccc(Cl)cc4)C3)S(C)(=O)=O)c2)CC1. The van der Waals surface area contributed by atoms with Gasteiger partial charge in [-0.05, 0) is 70.9 Å². The fourth-order valence-electron chi connectivity index (χ4n) is 5.52. The average Bonchev–Trinajstić information content (AvgIpc) is 2.92. The normalized spacial score (nSPS) is 16.2. The monoisotopic (exact) mass is 614 g/mol. The predicted octanol–water partition coefficient (Wildman–Crippen LogP) is 5.48. The largest absolute Gasteiger partial charge is 0.368 e. The summed E-state index contributed by atoms with van der Waals surface area (Å²) in [6, 6.07) is 23.5. The zero-order valence-corrected chi connectivity index (χ0v) is 25.6. The summed E-state index contributed by atoms with van der Waals surface area (Å²) in [4.78, 5) is 7.14. The van der Waals surface area contributed by atoms with E-state index < -0.39 is 9.84 Å². The van der Waals surface area contributed by atoms with Crippen molar-refractivity contribution in [1.29, 1.82) is 0 Å². The van der Waals surface area contributed by atoms with Crippen molar-refractivity contribution in [3.8, 4) is 0 Å². The van der Waals surface area contributed by atoms with Crippen LogP contribution < -0.4 is 10.2 Å². The number of benzene rings is 3. The second-order valence-electron chi connectivity index (χ2n) is 10.2. The predicted molar refractivity (Wildman–Crippen MR) is 170 cm³/mol. The number of likely N-dealkylation sites (tertiary alicyclic amines) is 1. The molecule has 2 fully saturated rings. The van der Waals surface area contributed by atoms with E-state index in [2.05, 4.69) is 20.0 Å². The van der Waals surface area contributed by atoms with E-state index in [0.717, 1.165) is 59.2 Å². The van der Waals surface area contributed by atoms with Crippen LogP contribution in [0.5, 0.6) is 0 Å². The van der Waals surface area contributed by atoms with Crippen LogP contribution in [0.1, 0.15) is 22.7 Å². The highest BCUT2D eigenvalue weighted by atomic mass is 35.5. The molecule has 0 saturated carbocycles. The van der Waals surface area contributed by atoms with Crippen LogP contribution >= 0.6 is 35.4 Å². The van der Waals surface area contributed by atoms with Gasteiger partial charge in [0.05, 0.1) is 10.9 Å². The molecule has 2 aliphatic heterocycles. The van der Waals surface area contributed by atoms with Gasteiger partial charge in [0.25, 0.3) is 0 Å². The molecule has 0 aliphatic carbocycles. The standard InChI is InChI=1S/C30H32Cl2N4O2S2/c1-33-30(39)35-16-14-34(15-17-35)27-5-3-4-23(18-27)29(40(2,37)38)24-19-36(20-24)28(21-6-10-25(31)11-7-21)22-8-12-26(32)13-9-22/h3-13,18,28H,14-17,19-20H2,1-2H3,(H,33,39). The number of hydrogen-bond donors (Lipinski definition) is 1. The lowest BCUT2D eigenvalue weighted by molar-refractivity contribution is 0.203. The van der Waals surface area contributed by atoms with Crippen LogP contribution in [0.2, 0.25) is 10.0 Å². The van der Waals surface area contributed by atoms with Gasteiger partial charge in [-0.3, -0.25) is 4.90 Å². The Morgan fingerprint density at radius 3 is 1.93 bits per heavy atom. The van der Waals surface area contributed by atoms with E-state index in [9.17, 15) is 8.42 Å². The van der Waals surface area contributed by atoms with Crippen molar-refractivity contribution in [3.05, 3.63) is 105 Å². The Morgan fingerprint density at radius 1 is 0.875 bits per heavy atom. The maximum atomic E-state index is 13.1. The molecule has 3 aromatic rings. The smallest absolute Gasteiger partial charge is 0.176 e. The number of piperazine rings is 1. The van der Waals surface area contributed by atoms with Crippen molar-refractivity contribution in [1.82, 2.24) is 15.1 Å². The molecule has 1 N–H and O–H groups in total. The fraction of sp³-hybridized carbons (Fsp3) is 0.300. The van der Waals surface area contributed by atoms with E-state index >= 15 is 0 Å². The Balaban J connectivity index is 1.42. The number of anilines is 1. The Bertz CT molecular complexity index is 1460. The first kappa shape index (κ1) is 28.9. The number of thiocarbonyl (C=S) groups is 1. The molecule has 0 amide bonds. The first-order valence-electron chi connectivity index (χ1n) is 13.1. The maximum Gasteiger partial charge on any atom is 0.176 e. The van der Waals surface area contributed by atoms with Gasteiger partial charge >= 0.3 is 0 Å². The molecule has 0 unspecified atom stereocenters. The van der Waals surface area contributed by atoms with Crippen LogP contribution in [0, 0.1) is 0 Å². The summed E-state index contributed by atoms with van der Waals surface area (Å²) < 4.78 is 26.3. The van der Waals surface area contributed by atoms with Gasteiger partial charge in [0.2, 0.25) is 0 Å². The van der Waals surface area contributed by atoms with Gasteiger partial charge in [0.1, 0.15) is 0 Å². The molecule has 2 saturated heterocycles. The molecular weight excluding hydrogens is 583 g/mol. The van der Waals surface area contributed by atoms with E-state index in [1.165, 1.54) is 6.26 Å². The van der Waals surface area contributed by atoms with Gasteiger partial charge in [-0.15, -0.1) is 0 Å². The third-order valence-electron chi connectivity index (χ3n) is 7.47. The van der Waals surface area contributed by atoms with E-state index in [0.29, 0.717) is 28.0 Å². The van der Waals surface area contributed by atoms with Crippen molar-refractivity contribution in [2.24, 2.45) is 0 Å². The summed E-state index contributed by atoms with van der Waals surface area (Å²) in [6.07, 6.45) is 1.30. The highest BCUT2D eigenvalue weighted by Gasteiger charge is 2.35. The molecule has 5 rings (SSSR count). The molecule has 10 heteroatoms. The summed E-state index contributed by atoms with van der Waals surface area (Å²) >= 11 is 17.7. The highest BCUT2D eigenvalue weighted by Crippen LogP contribution is 2.39. The second-order valence-corrected chi connectivity index (χ2v) is 13.4. The number of rotatable bonds is 6. The van der Waals surface area contributed by atoms with E-state index in [4.69, 9.17) is 35.4 Å². The molecule has 3 aromatic carbocycles. The van der Waals surface area contributed by atoms with Crippen molar-refractivity contribution >= 4 is 61.0 Å². The van der Waals surface area contributed by atoms with Crippen LogP contribution in [0.25, 0.3) is 4.91 Å². The van der Waals surface area contributed by atoms with Gasteiger partial charge in [0, 0.05) is 68.3 Å². The highest BCUT2D eigenvalue weighted by molar-refractivity contribution is 8.00. The van der Waals surface area contributed by atoms with Gasteiger partial charge in [-0.25, -0.2) is 8.42 Å². The molecule has 0 spiro atoms. The fourth-order valence-corrected chi connectivity index (χ4v) is 7.17. The lowest BCUT2D eigenvalue weighted by Gasteiger charge is -2.42. The second kappa shape index (κ2) is 12.1. The third kappa shape index (κ3) is 6.31. The lowest BCUT2D eigenvalue weighted by atomic mass is 9.92. The van der Waals surface area contributed by atoms with Gasteiger partial charge in [0.15, 0.2) is 14.9 Å². The zero-order valence-electron chi connectivity index (χ0n) is 22.5. The Morgan fingerprint density at radius 2 is 1.43 bits per heavy atom. The van der Waals surface area contributed by atoms with Crippen LogP contribution in [-0.2, 0) is 9.84 Å². The number of nitrogens with one attached hydrogen (secondary N) is 1. The Kier molecular flexibility index (Phi) is 8.73. The van der Waals surface area contributed by atoms with Crippen molar-refractivity contribution in [3.63, 3.8) is 0 Å². The summed E-state index contributed by atoms with van der Waals surface area (Å²) in [7, 11) is -1.63. The van der Waals surface area contributed by atoms with Crippen LogP contribution in [-0.4, -0.2) is 75.9 Å². The summed E-state index contributed by atoms with van der Waals surface area (Å²) in [5.74, 6) is 0. The topological polar surface area (TPSA) is 55.9 Å². The minimum Gasteiger partial charge on any atom is -0.368 e. The Labute approximate surface area is 252 Å². The molecule has 0 aromatic heterocycles. The molecule has 0 radical (unpaired) electrons. The van der Waals surface area contributed by atoms with Crippen LogP contribution in [0.4, 0.5) is 5.69 Å². The minimum absolute atomic E-state index is 0.0505. The maximum absolute atomic E-state index is 13.1. The van der Waals surface area contributed by atoms with E-state index in [1.807, 2.05) is 79.8 Å². The summed E-state index contributed by atoms with van der Waals surface area (Å²) in [6.45, 7) is 4.35. The van der Waals surface area contributed by atoms with Crippen LogP contribution in [0.3, 0.4) is 0 Å². The molecule has 6 nitrogen and oxygen atoms in total. The summed E-state index contributed by atoms with van der Waals surface area (Å²) in [5, 5.41) is 5.14. The van der Waals surface area contributed by atoms with Gasteiger partial charge in [-0.2, -0.15) is 0 Å². The molecular formula is C30H32Cl2N4O2S2. The first-order valence-corrected chi connectivity index (χ1v) is 16.2. The van der Waals surface area contributed by atoms with E-state index in [-0.39, 0.29) is 6.04 Å². The van der Waals surface area contributed by atoms with E-state index in [1.54, 1.807) is 0 Å². The van der Waals surface area contributed by atoms with Crippen LogP contribution in [0.15, 0.2) is 78.4 Å².